The van der Waals surface area contributed by atoms with Gasteiger partial charge in [-0.15, -0.1) is 11.3 Å². The molecule has 0 spiro atoms. The van der Waals surface area contributed by atoms with Crippen LogP contribution in [0.1, 0.15) is 17.7 Å². The van der Waals surface area contributed by atoms with Crippen molar-refractivity contribution in [2.75, 3.05) is 4.72 Å². The largest absolute Gasteiger partial charge is 0.309 e. The van der Waals surface area contributed by atoms with Crippen molar-refractivity contribution >= 4 is 54.3 Å². The molecule has 108 valence electrons. The highest BCUT2D eigenvalue weighted by Gasteiger charge is 2.23. The molecule has 4 nitrogen and oxygen atoms in total. The number of rotatable bonds is 6. The third kappa shape index (κ3) is 3.43. The standard InChI is InChI=1S/C12H13BrN2O2S3/c13-12-11(5-10(19-12)6-14-8-1-2-8)20(16,17)15-9-3-4-18-7-9/h3-5,7-8,14-15H,1-2,6H2. The van der Waals surface area contributed by atoms with Crippen molar-refractivity contribution in [1.29, 1.82) is 0 Å². The van der Waals surface area contributed by atoms with Gasteiger partial charge in [0, 0.05) is 22.8 Å². The molecule has 0 aromatic carbocycles. The zero-order chi connectivity index (χ0) is 14.2. The molecule has 0 unspecified atom stereocenters. The minimum absolute atomic E-state index is 0.307. The fraction of sp³-hybridized carbons (Fsp3) is 0.333. The molecule has 1 saturated carbocycles. The predicted molar refractivity (Wildman–Crippen MR) is 87.0 cm³/mol. The summed E-state index contributed by atoms with van der Waals surface area (Å²) in [5.74, 6) is 0. The van der Waals surface area contributed by atoms with Gasteiger partial charge in [0.05, 0.1) is 9.47 Å². The quantitative estimate of drug-likeness (QED) is 0.788. The highest BCUT2D eigenvalue weighted by Crippen LogP contribution is 2.33. The Hall–Kier alpha value is -0.410. The minimum atomic E-state index is -3.52. The van der Waals surface area contributed by atoms with Crippen LogP contribution in [0.2, 0.25) is 0 Å². The third-order valence-electron chi connectivity index (χ3n) is 2.91. The third-order valence-corrected chi connectivity index (χ3v) is 7.23. The Morgan fingerprint density at radius 2 is 2.20 bits per heavy atom. The van der Waals surface area contributed by atoms with Gasteiger partial charge in [-0.1, -0.05) is 0 Å². The van der Waals surface area contributed by atoms with Crippen molar-refractivity contribution in [3.63, 3.8) is 0 Å². The van der Waals surface area contributed by atoms with Gasteiger partial charge >= 0.3 is 0 Å². The van der Waals surface area contributed by atoms with Gasteiger partial charge in [0.15, 0.2) is 0 Å². The van der Waals surface area contributed by atoms with Crippen molar-refractivity contribution in [3.8, 4) is 0 Å². The minimum Gasteiger partial charge on any atom is -0.309 e. The van der Waals surface area contributed by atoms with Gasteiger partial charge in [-0.25, -0.2) is 8.42 Å². The topological polar surface area (TPSA) is 58.2 Å². The van der Waals surface area contributed by atoms with Crippen LogP contribution in [0.25, 0.3) is 0 Å². The van der Waals surface area contributed by atoms with E-state index in [-0.39, 0.29) is 0 Å². The van der Waals surface area contributed by atoms with E-state index in [1.54, 1.807) is 17.5 Å². The van der Waals surface area contributed by atoms with Gasteiger partial charge in [0.2, 0.25) is 0 Å². The summed E-state index contributed by atoms with van der Waals surface area (Å²) in [6.45, 7) is 0.724. The lowest BCUT2D eigenvalue weighted by Crippen LogP contribution is -2.14. The highest BCUT2D eigenvalue weighted by molar-refractivity contribution is 9.11. The van der Waals surface area contributed by atoms with Gasteiger partial charge < -0.3 is 5.32 Å². The van der Waals surface area contributed by atoms with E-state index >= 15 is 0 Å². The lowest BCUT2D eigenvalue weighted by atomic mass is 10.4. The summed E-state index contributed by atoms with van der Waals surface area (Å²) in [5, 5.41) is 7.00. The predicted octanol–water partition coefficient (Wildman–Crippen LogP) is 3.62. The average molecular weight is 393 g/mol. The second-order valence-electron chi connectivity index (χ2n) is 4.62. The molecule has 1 aliphatic carbocycles. The molecule has 1 aliphatic rings. The van der Waals surface area contributed by atoms with E-state index in [1.807, 2.05) is 5.38 Å². The maximum atomic E-state index is 12.3. The first-order valence-electron chi connectivity index (χ1n) is 6.11. The van der Waals surface area contributed by atoms with Crippen LogP contribution >= 0.6 is 38.6 Å². The Kier molecular flexibility index (Phi) is 4.19. The summed E-state index contributed by atoms with van der Waals surface area (Å²) in [6.07, 6.45) is 2.44. The average Bonchev–Trinajstić information content (AvgIpc) is 2.93. The number of halogens is 1. The number of thiophene rings is 2. The number of sulfonamides is 1. The monoisotopic (exact) mass is 392 g/mol. The number of anilines is 1. The van der Waals surface area contributed by atoms with Crippen molar-refractivity contribution < 1.29 is 8.42 Å². The van der Waals surface area contributed by atoms with Crippen molar-refractivity contribution in [1.82, 2.24) is 5.32 Å². The second kappa shape index (κ2) is 5.76. The summed E-state index contributed by atoms with van der Waals surface area (Å²) < 4.78 is 27.9. The summed E-state index contributed by atoms with van der Waals surface area (Å²) in [5.41, 5.74) is 0.603. The molecule has 20 heavy (non-hydrogen) atoms. The molecule has 0 radical (unpaired) electrons. The molecule has 0 aliphatic heterocycles. The first kappa shape index (κ1) is 14.5. The van der Waals surface area contributed by atoms with E-state index in [0.29, 0.717) is 20.4 Å². The first-order chi connectivity index (χ1) is 9.54. The van der Waals surface area contributed by atoms with Crippen LogP contribution in [0.4, 0.5) is 5.69 Å². The zero-order valence-corrected chi connectivity index (χ0v) is 14.5. The molecule has 0 amide bonds. The van der Waals surface area contributed by atoms with Crippen LogP contribution in [-0.4, -0.2) is 14.5 Å². The molecule has 0 saturated heterocycles. The zero-order valence-electron chi connectivity index (χ0n) is 10.4. The molecule has 0 atom stereocenters. The van der Waals surface area contributed by atoms with E-state index in [1.165, 1.54) is 35.5 Å². The van der Waals surface area contributed by atoms with Crippen LogP contribution in [0.3, 0.4) is 0 Å². The maximum Gasteiger partial charge on any atom is 0.263 e. The number of hydrogen-bond acceptors (Lipinski definition) is 5. The van der Waals surface area contributed by atoms with Crippen LogP contribution in [0.5, 0.6) is 0 Å². The summed E-state index contributed by atoms with van der Waals surface area (Å²) in [7, 11) is -3.52. The molecule has 3 rings (SSSR count). The Balaban J connectivity index is 1.77. The Labute approximate surface area is 134 Å². The van der Waals surface area contributed by atoms with E-state index in [4.69, 9.17) is 0 Å². The molecule has 2 N–H and O–H groups in total. The molecular weight excluding hydrogens is 380 g/mol. The lowest BCUT2D eigenvalue weighted by Gasteiger charge is -2.04. The van der Waals surface area contributed by atoms with E-state index in [0.717, 1.165) is 11.4 Å². The van der Waals surface area contributed by atoms with Gasteiger partial charge in [-0.3, -0.25) is 4.72 Å². The number of hydrogen-bond donors (Lipinski definition) is 2. The molecule has 1 fully saturated rings. The van der Waals surface area contributed by atoms with Crippen molar-refractivity contribution in [3.05, 3.63) is 31.6 Å². The Bertz CT molecular complexity index is 690. The van der Waals surface area contributed by atoms with Crippen LogP contribution in [0, 0.1) is 0 Å². The summed E-state index contributed by atoms with van der Waals surface area (Å²) >= 11 is 6.27. The lowest BCUT2D eigenvalue weighted by molar-refractivity contribution is 0.601. The van der Waals surface area contributed by atoms with Crippen LogP contribution in [0.15, 0.2) is 31.6 Å². The van der Waals surface area contributed by atoms with E-state index in [2.05, 4.69) is 26.0 Å². The first-order valence-corrected chi connectivity index (χ1v) is 10.1. The summed E-state index contributed by atoms with van der Waals surface area (Å²) in [4.78, 5) is 1.33. The fourth-order valence-corrected chi connectivity index (χ4v) is 6.08. The normalized spacial score (nSPS) is 15.4. The van der Waals surface area contributed by atoms with E-state index in [9.17, 15) is 8.42 Å². The van der Waals surface area contributed by atoms with E-state index < -0.39 is 10.0 Å². The van der Waals surface area contributed by atoms with Crippen molar-refractivity contribution in [2.45, 2.75) is 30.3 Å². The van der Waals surface area contributed by atoms with Gasteiger partial charge in [-0.05, 0) is 46.3 Å². The van der Waals surface area contributed by atoms with Gasteiger partial charge in [0.25, 0.3) is 10.0 Å². The smallest absolute Gasteiger partial charge is 0.263 e. The molecule has 2 heterocycles. The molecule has 2 aromatic rings. The Morgan fingerprint density at radius 1 is 1.40 bits per heavy atom. The number of nitrogens with one attached hydrogen (secondary N) is 2. The molecule has 8 heteroatoms. The van der Waals surface area contributed by atoms with Crippen LogP contribution in [-0.2, 0) is 16.6 Å². The molecule has 0 bridgehead atoms. The maximum absolute atomic E-state index is 12.3. The SMILES string of the molecule is O=S(=O)(Nc1ccsc1)c1cc(CNC2CC2)sc1Br. The Morgan fingerprint density at radius 3 is 2.85 bits per heavy atom. The summed E-state index contributed by atoms with van der Waals surface area (Å²) in [6, 6.07) is 4.09. The van der Waals surface area contributed by atoms with Crippen LogP contribution < -0.4 is 10.0 Å². The van der Waals surface area contributed by atoms with Gasteiger partial charge in [-0.2, -0.15) is 11.3 Å². The molecule has 2 aromatic heterocycles. The second-order valence-corrected chi connectivity index (χ2v) is 9.51. The fourth-order valence-electron chi connectivity index (χ4n) is 1.73. The molecular formula is C12H13BrN2O2S3. The van der Waals surface area contributed by atoms with Crippen molar-refractivity contribution in [2.24, 2.45) is 0 Å². The highest BCUT2D eigenvalue weighted by atomic mass is 79.9. The van der Waals surface area contributed by atoms with Gasteiger partial charge in [0.1, 0.15) is 4.90 Å².